The van der Waals surface area contributed by atoms with E-state index in [1.807, 2.05) is 0 Å². The average Bonchev–Trinajstić information content (AvgIpc) is 2.24. The van der Waals surface area contributed by atoms with Crippen molar-refractivity contribution in [3.05, 3.63) is 29.8 Å². The summed E-state index contributed by atoms with van der Waals surface area (Å²) in [4.78, 5) is 0. The number of hydrogen-bond acceptors (Lipinski definition) is 3. The Morgan fingerprint density at radius 3 is 2.35 bits per heavy atom. The normalized spacial score (nSPS) is 13.5. The summed E-state index contributed by atoms with van der Waals surface area (Å²) >= 11 is -0.104. The number of halogens is 3. The van der Waals surface area contributed by atoms with Crippen molar-refractivity contribution in [1.82, 2.24) is 0 Å². The zero-order valence-corrected chi connectivity index (χ0v) is 10.0. The molecule has 1 rings (SSSR count). The van der Waals surface area contributed by atoms with Gasteiger partial charge in [-0.25, -0.2) is 0 Å². The first kappa shape index (κ1) is 14.2. The highest BCUT2D eigenvalue weighted by molar-refractivity contribution is 8.00. The predicted molar refractivity (Wildman–Crippen MR) is 61.1 cm³/mol. The van der Waals surface area contributed by atoms with Crippen molar-refractivity contribution in [3.8, 4) is 5.75 Å². The maximum absolute atomic E-state index is 11.8. The molecule has 0 aliphatic rings. The molecule has 0 aliphatic carbocycles. The Labute approximate surface area is 102 Å². The second kappa shape index (κ2) is 6.16. The monoisotopic (exact) mass is 266 g/mol. The molecule has 1 N–H and O–H groups in total. The van der Waals surface area contributed by atoms with Crippen molar-refractivity contribution in [1.29, 1.82) is 0 Å². The quantitative estimate of drug-likeness (QED) is 0.828. The molecule has 0 spiro atoms. The first-order valence-corrected chi connectivity index (χ1v) is 5.98. The molecule has 0 aromatic heterocycles. The lowest BCUT2D eigenvalue weighted by atomic mass is 10.1. The zero-order valence-electron chi connectivity index (χ0n) is 9.20. The number of thioether (sulfide) groups is 1. The SMILES string of the molecule is CC(O)c1ccc(OCCSC(F)(F)F)cc1. The van der Waals surface area contributed by atoms with Crippen LogP contribution in [0, 0.1) is 0 Å². The second-order valence-electron chi connectivity index (χ2n) is 3.39. The minimum atomic E-state index is -4.21. The van der Waals surface area contributed by atoms with Crippen molar-refractivity contribution in [2.24, 2.45) is 0 Å². The molecule has 1 unspecified atom stereocenters. The highest BCUT2D eigenvalue weighted by Crippen LogP contribution is 2.29. The van der Waals surface area contributed by atoms with E-state index in [1.165, 1.54) is 0 Å². The van der Waals surface area contributed by atoms with Gasteiger partial charge in [0.15, 0.2) is 0 Å². The first-order chi connectivity index (χ1) is 7.88. The Hall–Kier alpha value is -0.880. The Balaban J connectivity index is 2.33. The van der Waals surface area contributed by atoms with E-state index in [0.29, 0.717) is 5.75 Å². The standard InChI is InChI=1S/C11H13F3O2S/c1-8(15)9-2-4-10(5-3-9)16-6-7-17-11(12,13)14/h2-5,8,15H,6-7H2,1H3. The van der Waals surface area contributed by atoms with Gasteiger partial charge >= 0.3 is 5.51 Å². The molecule has 2 nitrogen and oxygen atoms in total. The van der Waals surface area contributed by atoms with Crippen molar-refractivity contribution < 1.29 is 23.0 Å². The number of aliphatic hydroxyl groups is 1. The largest absolute Gasteiger partial charge is 0.493 e. The molecular weight excluding hydrogens is 253 g/mol. The van der Waals surface area contributed by atoms with Crippen molar-refractivity contribution in [2.75, 3.05) is 12.4 Å². The third-order valence-electron chi connectivity index (χ3n) is 1.98. The summed E-state index contributed by atoms with van der Waals surface area (Å²) < 4.78 is 40.5. The Morgan fingerprint density at radius 2 is 1.88 bits per heavy atom. The Kier molecular flexibility index (Phi) is 5.14. The summed E-state index contributed by atoms with van der Waals surface area (Å²) in [6.07, 6.45) is -0.565. The van der Waals surface area contributed by atoms with Crippen LogP contribution >= 0.6 is 11.8 Å². The van der Waals surface area contributed by atoms with E-state index in [-0.39, 0.29) is 24.1 Å². The molecule has 0 saturated heterocycles. The van der Waals surface area contributed by atoms with Crippen LogP contribution in [-0.4, -0.2) is 23.0 Å². The van der Waals surface area contributed by atoms with Crippen LogP contribution in [0.5, 0.6) is 5.75 Å². The molecule has 96 valence electrons. The van der Waals surface area contributed by atoms with E-state index in [0.717, 1.165) is 5.56 Å². The molecule has 17 heavy (non-hydrogen) atoms. The van der Waals surface area contributed by atoms with Crippen molar-refractivity contribution in [2.45, 2.75) is 18.5 Å². The maximum atomic E-state index is 11.8. The molecule has 0 fully saturated rings. The van der Waals surface area contributed by atoms with Crippen molar-refractivity contribution in [3.63, 3.8) is 0 Å². The lowest BCUT2D eigenvalue weighted by Crippen LogP contribution is -2.07. The topological polar surface area (TPSA) is 29.5 Å². The Morgan fingerprint density at radius 1 is 1.29 bits per heavy atom. The van der Waals surface area contributed by atoms with Gasteiger partial charge in [0, 0.05) is 5.75 Å². The van der Waals surface area contributed by atoms with Crippen LogP contribution in [0.3, 0.4) is 0 Å². The van der Waals surface area contributed by atoms with Gasteiger partial charge in [-0.15, -0.1) is 0 Å². The molecule has 0 heterocycles. The fourth-order valence-electron chi connectivity index (χ4n) is 1.16. The highest BCUT2D eigenvalue weighted by Gasteiger charge is 2.27. The third kappa shape index (κ3) is 5.83. The first-order valence-electron chi connectivity index (χ1n) is 5.00. The van der Waals surface area contributed by atoms with Gasteiger partial charge in [-0.05, 0) is 36.4 Å². The molecule has 0 saturated carbocycles. The van der Waals surface area contributed by atoms with Crippen LogP contribution in [0.15, 0.2) is 24.3 Å². The summed E-state index contributed by atoms with van der Waals surface area (Å²) in [7, 11) is 0. The van der Waals surface area contributed by atoms with Gasteiger partial charge in [0.2, 0.25) is 0 Å². The molecule has 1 atom stereocenters. The van der Waals surface area contributed by atoms with Gasteiger partial charge in [-0.2, -0.15) is 13.2 Å². The van der Waals surface area contributed by atoms with E-state index in [4.69, 9.17) is 4.74 Å². The van der Waals surface area contributed by atoms with Crippen LogP contribution in [0.2, 0.25) is 0 Å². The fraction of sp³-hybridized carbons (Fsp3) is 0.455. The molecule has 0 radical (unpaired) electrons. The van der Waals surface area contributed by atoms with Gasteiger partial charge in [0.1, 0.15) is 5.75 Å². The number of alkyl halides is 3. The lowest BCUT2D eigenvalue weighted by Gasteiger charge is -2.09. The molecular formula is C11H13F3O2S. The maximum Gasteiger partial charge on any atom is 0.441 e. The zero-order chi connectivity index (χ0) is 12.9. The average molecular weight is 266 g/mol. The summed E-state index contributed by atoms with van der Waals surface area (Å²) in [5.41, 5.74) is -3.47. The lowest BCUT2D eigenvalue weighted by molar-refractivity contribution is -0.0329. The molecule has 0 amide bonds. The summed E-state index contributed by atoms with van der Waals surface area (Å²) in [6, 6.07) is 6.61. The van der Waals surface area contributed by atoms with Gasteiger partial charge in [-0.1, -0.05) is 12.1 Å². The minimum absolute atomic E-state index is 0.00178. The number of aliphatic hydroxyl groups excluding tert-OH is 1. The van der Waals surface area contributed by atoms with E-state index in [2.05, 4.69) is 0 Å². The molecule has 6 heteroatoms. The van der Waals surface area contributed by atoms with E-state index in [9.17, 15) is 18.3 Å². The number of benzene rings is 1. The Bertz CT molecular complexity index is 336. The molecule has 0 aliphatic heterocycles. The predicted octanol–water partition coefficient (Wildman–Crippen LogP) is 3.37. The summed E-state index contributed by atoms with van der Waals surface area (Å²) in [5, 5.41) is 9.25. The van der Waals surface area contributed by atoms with Crippen LogP contribution in [0.25, 0.3) is 0 Å². The van der Waals surface area contributed by atoms with Gasteiger partial charge in [-0.3, -0.25) is 0 Å². The number of hydrogen-bond donors (Lipinski definition) is 1. The molecule has 0 bridgehead atoms. The smallest absolute Gasteiger partial charge is 0.441 e. The summed E-state index contributed by atoms with van der Waals surface area (Å²) in [6.45, 7) is 1.63. The van der Waals surface area contributed by atoms with E-state index in [1.54, 1.807) is 31.2 Å². The van der Waals surface area contributed by atoms with E-state index < -0.39 is 11.6 Å². The minimum Gasteiger partial charge on any atom is -0.493 e. The third-order valence-corrected chi connectivity index (χ3v) is 2.68. The van der Waals surface area contributed by atoms with E-state index >= 15 is 0 Å². The van der Waals surface area contributed by atoms with Crippen LogP contribution < -0.4 is 4.74 Å². The van der Waals surface area contributed by atoms with Crippen LogP contribution in [-0.2, 0) is 0 Å². The molecule has 1 aromatic rings. The van der Waals surface area contributed by atoms with Crippen LogP contribution in [0.1, 0.15) is 18.6 Å². The molecule has 1 aromatic carbocycles. The second-order valence-corrected chi connectivity index (χ2v) is 4.55. The van der Waals surface area contributed by atoms with Gasteiger partial charge in [0.25, 0.3) is 0 Å². The van der Waals surface area contributed by atoms with Crippen molar-refractivity contribution >= 4 is 11.8 Å². The fourth-order valence-corrected chi connectivity index (χ4v) is 1.56. The summed E-state index contributed by atoms with van der Waals surface area (Å²) in [5.74, 6) is 0.360. The van der Waals surface area contributed by atoms with Crippen LogP contribution in [0.4, 0.5) is 13.2 Å². The number of rotatable bonds is 5. The van der Waals surface area contributed by atoms with Gasteiger partial charge < -0.3 is 9.84 Å². The van der Waals surface area contributed by atoms with Gasteiger partial charge in [0.05, 0.1) is 12.7 Å². The highest BCUT2D eigenvalue weighted by atomic mass is 32.2. The number of ether oxygens (including phenoxy) is 1.